The Labute approximate surface area is 115 Å². The van der Waals surface area contributed by atoms with Crippen LogP contribution in [0.25, 0.3) is 0 Å². The molecule has 0 aromatic heterocycles. The second-order valence-corrected chi connectivity index (χ2v) is 4.80. The minimum absolute atomic E-state index is 0.0229. The van der Waals surface area contributed by atoms with E-state index in [1.807, 2.05) is 0 Å². The van der Waals surface area contributed by atoms with Gasteiger partial charge < -0.3 is 10.2 Å². The van der Waals surface area contributed by atoms with Gasteiger partial charge in [-0.25, -0.2) is 8.78 Å². The molecule has 0 saturated carbocycles. The van der Waals surface area contributed by atoms with Crippen molar-refractivity contribution in [3.05, 3.63) is 29.3 Å². The number of halogens is 2. The molecule has 1 fully saturated rings. The van der Waals surface area contributed by atoms with Crippen LogP contribution in [0.5, 0.6) is 0 Å². The zero-order chi connectivity index (χ0) is 14.9. The van der Waals surface area contributed by atoms with Crippen molar-refractivity contribution in [2.45, 2.75) is 32.7 Å². The molecule has 1 aromatic rings. The fraction of sp³-hybridized carbons (Fsp3) is 0.429. The highest BCUT2D eigenvalue weighted by atomic mass is 19.1. The molecular formula is C14H16F2N2O2. The number of benzene rings is 1. The topological polar surface area (TPSA) is 49.4 Å². The molecule has 0 radical (unpaired) electrons. The average molecular weight is 282 g/mol. The number of aryl methyl sites for hydroxylation is 1. The van der Waals surface area contributed by atoms with Crippen LogP contribution in [0.2, 0.25) is 0 Å². The summed E-state index contributed by atoms with van der Waals surface area (Å²) in [7, 11) is 0. The van der Waals surface area contributed by atoms with Crippen molar-refractivity contribution in [2.75, 3.05) is 11.4 Å². The van der Waals surface area contributed by atoms with E-state index in [9.17, 15) is 18.4 Å². The van der Waals surface area contributed by atoms with Crippen molar-refractivity contribution in [3.8, 4) is 0 Å². The molecule has 1 unspecified atom stereocenters. The van der Waals surface area contributed by atoms with E-state index in [1.165, 1.54) is 13.0 Å². The molecule has 4 nitrogen and oxygen atoms in total. The Balaban J connectivity index is 2.47. The van der Waals surface area contributed by atoms with Crippen molar-refractivity contribution in [3.63, 3.8) is 0 Å². The maximum Gasteiger partial charge on any atom is 0.249 e. The molecule has 1 heterocycles. The molecule has 0 bridgehead atoms. The monoisotopic (exact) mass is 282 g/mol. The minimum atomic E-state index is -0.800. The normalized spacial score (nSPS) is 19.8. The maximum absolute atomic E-state index is 14.1. The second kappa shape index (κ2) is 5.56. The Bertz CT molecular complexity index is 560. The third-order valence-electron chi connectivity index (χ3n) is 3.40. The molecule has 1 aromatic carbocycles. The SMILES string of the molecule is CCC1NC(=O)CCN(c2c(F)ccc(C)c2F)C1=O. The molecule has 108 valence electrons. The van der Waals surface area contributed by atoms with Gasteiger partial charge in [0.15, 0.2) is 5.82 Å². The Morgan fingerprint density at radius 1 is 1.35 bits per heavy atom. The molecule has 1 aliphatic rings. The minimum Gasteiger partial charge on any atom is -0.344 e. The van der Waals surface area contributed by atoms with Gasteiger partial charge in [0, 0.05) is 13.0 Å². The van der Waals surface area contributed by atoms with Gasteiger partial charge in [0.25, 0.3) is 0 Å². The van der Waals surface area contributed by atoms with Crippen LogP contribution in [-0.4, -0.2) is 24.4 Å². The van der Waals surface area contributed by atoms with E-state index in [4.69, 9.17) is 0 Å². The fourth-order valence-corrected chi connectivity index (χ4v) is 2.23. The number of hydrogen-bond donors (Lipinski definition) is 1. The zero-order valence-electron chi connectivity index (χ0n) is 11.4. The third-order valence-corrected chi connectivity index (χ3v) is 3.40. The van der Waals surface area contributed by atoms with E-state index in [1.54, 1.807) is 6.92 Å². The van der Waals surface area contributed by atoms with Crippen LogP contribution in [0.3, 0.4) is 0 Å². The smallest absolute Gasteiger partial charge is 0.249 e. The first-order valence-electron chi connectivity index (χ1n) is 6.51. The summed E-state index contributed by atoms with van der Waals surface area (Å²) in [5, 5.41) is 2.56. The summed E-state index contributed by atoms with van der Waals surface area (Å²) in [6.07, 6.45) is 0.394. The van der Waals surface area contributed by atoms with E-state index in [0.717, 1.165) is 11.0 Å². The van der Waals surface area contributed by atoms with Crippen molar-refractivity contribution >= 4 is 17.5 Å². The van der Waals surface area contributed by atoms with Crippen molar-refractivity contribution in [1.29, 1.82) is 0 Å². The van der Waals surface area contributed by atoms with Crippen LogP contribution >= 0.6 is 0 Å². The zero-order valence-corrected chi connectivity index (χ0v) is 11.4. The second-order valence-electron chi connectivity index (χ2n) is 4.80. The quantitative estimate of drug-likeness (QED) is 0.900. The van der Waals surface area contributed by atoms with Gasteiger partial charge in [-0.1, -0.05) is 13.0 Å². The number of nitrogens with one attached hydrogen (secondary N) is 1. The molecule has 1 atom stereocenters. The lowest BCUT2D eigenvalue weighted by atomic mass is 10.1. The van der Waals surface area contributed by atoms with E-state index >= 15 is 0 Å². The Kier molecular flexibility index (Phi) is 4.01. The molecule has 1 N–H and O–H groups in total. The van der Waals surface area contributed by atoms with Crippen LogP contribution in [-0.2, 0) is 9.59 Å². The van der Waals surface area contributed by atoms with Gasteiger partial charge in [-0.3, -0.25) is 9.59 Å². The summed E-state index contributed by atoms with van der Waals surface area (Å²) in [6.45, 7) is 3.20. The number of hydrogen-bond acceptors (Lipinski definition) is 2. The predicted octanol–water partition coefficient (Wildman–Crippen LogP) is 1.90. The Hall–Kier alpha value is -1.98. The number of nitrogens with zero attached hydrogens (tertiary/aromatic N) is 1. The Morgan fingerprint density at radius 3 is 2.70 bits per heavy atom. The van der Waals surface area contributed by atoms with Gasteiger partial charge in [0.2, 0.25) is 11.8 Å². The Morgan fingerprint density at radius 2 is 2.05 bits per heavy atom. The van der Waals surface area contributed by atoms with Crippen molar-refractivity contribution in [1.82, 2.24) is 5.32 Å². The number of carbonyl (C=O) groups excluding carboxylic acids is 2. The molecule has 1 aliphatic heterocycles. The molecule has 0 spiro atoms. The number of carbonyl (C=O) groups is 2. The largest absolute Gasteiger partial charge is 0.344 e. The van der Waals surface area contributed by atoms with Crippen LogP contribution in [0, 0.1) is 18.6 Å². The number of amides is 2. The molecule has 20 heavy (non-hydrogen) atoms. The van der Waals surface area contributed by atoms with Crippen molar-refractivity contribution < 1.29 is 18.4 Å². The summed E-state index contributed by atoms with van der Waals surface area (Å²) in [4.78, 5) is 24.9. The number of anilines is 1. The van der Waals surface area contributed by atoms with Crippen LogP contribution in [0.15, 0.2) is 12.1 Å². The highest BCUT2D eigenvalue weighted by Crippen LogP contribution is 2.27. The number of rotatable bonds is 2. The van der Waals surface area contributed by atoms with Crippen molar-refractivity contribution in [2.24, 2.45) is 0 Å². The summed E-state index contributed by atoms with van der Waals surface area (Å²) < 4.78 is 28.1. The van der Waals surface area contributed by atoms with E-state index in [-0.39, 0.29) is 30.1 Å². The van der Waals surface area contributed by atoms with Crippen LogP contribution in [0.4, 0.5) is 14.5 Å². The summed E-state index contributed by atoms with van der Waals surface area (Å²) in [5.74, 6) is -2.34. The first-order valence-corrected chi connectivity index (χ1v) is 6.51. The lowest BCUT2D eigenvalue weighted by Gasteiger charge is -2.24. The maximum atomic E-state index is 14.1. The summed E-state index contributed by atoms with van der Waals surface area (Å²) in [6, 6.07) is 1.70. The molecular weight excluding hydrogens is 266 g/mol. The molecule has 6 heteroatoms. The van der Waals surface area contributed by atoms with Gasteiger partial charge in [-0.15, -0.1) is 0 Å². The van der Waals surface area contributed by atoms with E-state index in [0.29, 0.717) is 6.42 Å². The predicted molar refractivity (Wildman–Crippen MR) is 70.3 cm³/mol. The first-order chi connectivity index (χ1) is 9.45. The third kappa shape index (κ3) is 2.50. The fourth-order valence-electron chi connectivity index (χ4n) is 2.23. The van der Waals surface area contributed by atoms with E-state index in [2.05, 4.69) is 5.32 Å². The summed E-state index contributed by atoms with van der Waals surface area (Å²) in [5.41, 5.74) is -0.115. The lowest BCUT2D eigenvalue weighted by molar-refractivity contribution is -0.125. The highest BCUT2D eigenvalue weighted by molar-refractivity contribution is 6.01. The summed E-state index contributed by atoms with van der Waals surface area (Å²) >= 11 is 0. The van der Waals surface area contributed by atoms with Gasteiger partial charge in [0.1, 0.15) is 17.5 Å². The van der Waals surface area contributed by atoms with Gasteiger partial charge in [-0.2, -0.15) is 0 Å². The molecule has 2 amide bonds. The standard InChI is InChI=1S/C14H16F2N2O2/c1-3-10-14(20)18(7-6-11(19)17-10)13-9(15)5-4-8(2)12(13)16/h4-5,10H,3,6-7H2,1-2H3,(H,17,19). The van der Waals surface area contributed by atoms with Gasteiger partial charge in [-0.05, 0) is 25.0 Å². The van der Waals surface area contributed by atoms with Gasteiger partial charge >= 0.3 is 0 Å². The lowest BCUT2D eigenvalue weighted by Crippen LogP contribution is -2.45. The average Bonchev–Trinajstić information content (AvgIpc) is 2.56. The molecule has 2 rings (SSSR count). The molecule has 0 aliphatic carbocycles. The molecule has 1 saturated heterocycles. The van der Waals surface area contributed by atoms with Crippen LogP contribution < -0.4 is 10.2 Å². The van der Waals surface area contributed by atoms with Crippen LogP contribution in [0.1, 0.15) is 25.3 Å². The highest BCUT2D eigenvalue weighted by Gasteiger charge is 2.32. The first kappa shape index (κ1) is 14.4. The van der Waals surface area contributed by atoms with Gasteiger partial charge in [0.05, 0.1) is 0 Å². The van der Waals surface area contributed by atoms with E-state index < -0.39 is 23.6 Å².